The lowest BCUT2D eigenvalue weighted by Crippen LogP contribution is -2.35. The molecule has 8 heteroatoms. The number of aliphatic carboxylic acids is 1. The minimum Gasteiger partial charge on any atom is -0.481 e. The second-order valence-corrected chi connectivity index (χ2v) is 9.79. The number of hydrogen-bond acceptors (Lipinski definition) is 5. The van der Waals surface area contributed by atoms with Crippen molar-refractivity contribution in [3.05, 3.63) is 59.4 Å². The Hall–Kier alpha value is -3.57. The minimum absolute atomic E-state index is 0.0935. The number of rotatable bonds is 8. The standard InChI is InChI=1S/C25H27N3O4S/c1-6-11-28(19(5)14-24(29)30)23-8-7-22(20-9-10-26-15-21(20)23)27-33(31,32)25-17(3)12-16(2)13-18(25)4/h1,7-10,12-13,15,19,27H,11,14H2,2-5H3,(H,29,30)/t19-/m0/s1. The summed E-state index contributed by atoms with van der Waals surface area (Å²) in [7, 11) is -3.85. The van der Waals surface area contributed by atoms with Gasteiger partial charge in [-0.25, -0.2) is 8.42 Å². The molecule has 1 atom stereocenters. The molecule has 3 aromatic rings. The van der Waals surface area contributed by atoms with Crippen molar-refractivity contribution in [1.82, 2.24) is 4.98 Å². The van der Waals surface area contributed by atoms with Crippen LogP contribution in [0.1, 0.15) is 30.0 Å². The van der Waals surface area contributed by atoms with Crippen molar-refractivity contribution in [1.29, 1.82) is 0 Å². The highest BCUT2D eigenvalue weighted by molar-refractivity contribution is 7.92. The average Bonchev–Trinajstić information content (AvgIpc) is 2.71. The van der Waals surface area contributed by atoms with E-state index in [1.807, 2.05) is 24.0 Å². The number of nitrogens with one attached hydrogen (secondary N) is 1. The first-order valence-corrected chi connectivity index (χ1v) is 11.9. The molecule has 0 unspecified atom stereocenters. The minimum atomic E-state index is -3.85. The fourth-order valence-corrected chi connectivity index (χ4v) is 5.78. The third-order valence-electron chi connectivity index (χ3n) is 5.49. The number of anilines is 2. The zero-order chi connectivity index (χ0) is 24.3. The molecular formula is C25H27N3O4S. The molecule has 0 aliphatic heterocycles. The molecule has 0 amide bonds. The van der Waals surface area contributed by atoms with Gasteiger partial charge in [0, 0.05) is 34.9 Å². The lowest BCUT2D eigenvalue weighted by molar-refractivity contribution is -0.137. The van der Waals surface area contributed by atoms with Gasteiger partial charge in [-0.2, -0.15) is 0 Å². The molecular weight excluding hydrogens is 438 g/mol. The number of terminal acetylenes is 1. The van der Waals surface area contributed by atoms with Crippen LogP contribution < -0.4 is 9.62 Å². The molecule has 2 N–H and O–H groups in total. The van der Waals surface area contributed by atoms with E-state index in [4.69, 9.17) is 6.42 Å². The van der Waals surface area contributed by atoms with Crippen LogP contribution in [0.4, 0.5) is 11.4 Å². The molecule has 2 aromatic carbocycles. The van der Waals surface area contributed by atoms with Gasteiger partial charge in [0.05, 0.1) is 23.5 Å². The second kappa shape index (κ2) is 9.51. The van der Waals surface area contributed by atoms with Crippen molar-refractivity contribution < 1.29 is 18.3 Å². The third kappa shape index (κ3) is 5.10. The van der Waals surface area contributed by atoms with Gasteiger partial charge in [0.25, 0.3) is 10.0 Å². The Bertz CT molecular complexity index is 1340. The fraction of sp³-hybridized carbons (Fsp3) is 0.280. The summed E-state index contributed by atoms with van der Waals surface area (Å²) in [4.78, 5) is 17.5. The first-order chi connectivity index (χ1) is 15.5. The molecule has 172 valence electrons. The molecule has 7 nitrogen and oxygen atoms in total. The van der Waals surface area contributed by atoms with E-state index in [0.29, 0.717) is 33.3 Å². The van der Waals surface area contributed by atoms with Gasteiger partial charge in [0.2, 0.25) is 0 Å². The SMILES string of the molecule is C#CCN(c1ccc(NS(=O)(=O)c2c(C)cc(C)cc2C)c2ccncc12)[C@@H](C)CC(=O)O. The van der Waals surface area contributed by atoms with E-state index < -0.39 is 16.0 Å². The van der Waals surface area contributed by atoms with Crippen LogP contribution in [-0.2, 0) is 14.8 Å². The molecule has 0 fully saturated rings. The van der Waals surface area contributed by atoms with Gasteiger partial charge >= 0.3 is 5.97 Å². The second-order valence-electron chi connectivity index (χ2n) is 8.17. The summed E-state index contributed by atoms with van der Waals surface area (Å²) in [6, 6.07) is 8.45. The summed E-state index contributed by atoms with van der Waals surface area (Å²) < 4.78 is 29.4. The van der Waals surface area contributed by atoms with E-state index >= 15 is 0 Å². The molecule has 0 aliphatic carbocycles. The Labute approximate surface area is 194 Å². The Morgan fingerprint density at radius 2 is 1.85 bits per heavy atom. The number of pyridine rings is 1. The third-order valence-corrected chi connectivity index (χ3v) is 7.16. The highest BCUT2D eigenvalue weighted by atomic mass is 32.2. The van der Waals surface area contributed by atoms with Crippen molar-refractivity contribution in [3.8, 4) is 12.3 Å². The van der Waals surface area contributed by atoms with Crippen LogP contribution in [-0.4, -0.2) is 37.1 Å². The molecule has 33 heavy (non-hydrogen) atoms. The smallest absolute Gasteiger partial charge is 0.305 e. The maximum absolute atomic E-state index is 13.3. The molecule has 1 heterocycles. The zero-order valence-corrected chi connectivity index (χ0v) is 19.9. The summed E-state index contributed by atoms with van der Waals surface area (Å²) in [6.45, 7) is 7.47. The first kappa shape index (κ1) is 24.1. The molecule has 1 aromatic heterocycles. The Morgan fingerprint density at radius 1 is 1.18 bits per heavy atom. The number of carboxylic acids is 1. The number of aryl methyl sites for hydroxylation is 3. The topological polar surface area (TPSA) is 99.6 Å². The van der Waals surface area contributed by atoms with E-state index in [0.717, 1.165) is 5.56 Å². The van der Waals surface area contributed by atoms with Crippen LogP contribution in [0.3, 0.4) is 0 Å². The Balaban J connectivity index is 2.11. The lowest BCUT2D eigenvalue weighted by atomic mass is 10.1. The van der Waals surface area contributed by atoms with Gasteiger partial charge in [-0.05, 0) is 57.0 Å². The van der Waals surface area contributed by atoms with Crippen LogP contribution in [0, 0.1) is 33.1 Å². The maximum atomic E-state index is 13.3. The van der Waals surface area contributed by atoms with E-state index in [-0.39, 0.29) is 23.9 Å². The molecule has 3 rings (SSSR count). The van der Waals surface area contributed by atoms with Gasteiger partial charge in [0.15, 0.2) is 0 Å². The van der Waals surface area contributed by atoms with Crippen LogP contribution in [0.5, 0.6) is 0 Å². The molecule has 0 bridgehead atoms. The van der Waals surface area contributed by atoms with Crippen LogP contribution >= 0.6 is 0 Å². The molecule has 0 aliphatic rings. The van der Waals surface area contributed by atoms with Crippen molar-refractivity contribution in [2.24, 2.45) is 0 Å². The maximum Gasteiger partial charge on any atom is 0.305 e. The number of carboxylic acid groups (broad SMARTS) is 1. The van der Waals surface area contributed by atoms with Crippen molar-refractivity contribution >= 4 is 38.1 Å². The van der Waals surface area contributed by atoms with E-state index in [9.17, 15) is 18.3 Å². The number of aromatic nitrogens is 1. The molecule has 0 radical (unpaired) electrons. The summed E-state index contributed by atoms with van der Waals surface area (Å²) in [5.41, 5.74) is 3.43. The van der Waals surface area contributed by atoms with E-state index in [1.54, 1.807) is 51.4 Å². The van der Waals surface area contributed by atoms with Crippen molar-refractivity contribution in [3.63, 3.8) is 0 Å². The van der Waals surface area contributed by atoms with Gasteiger partial charge in [-0.1, -0.05) is 23.6 Å². The van der Waals surface area contributed by atoms with Crippen molar-refractivity contribution in [2.75, 3.05) is 16.2 Å². The lowest BCUT2D eigenvalue weighted by Gasteiger charge is -2.30. The summed E-state index contributed by atoms with van der Waals surface area (Å²) in [6.07, 6.45) is 8.66. The van der Waals surface area contributed by atoms with Crippen LogP contribution in [0.2, 0.25) is 0 Å². The highest BCUT2D eigenvalue weighted by Gasteiger charge is 2.23. The quantitative estimate of drug-likeness (QED) is 0.482. The first-order valence-electron chi connectivity index (χ1n) is 10.4. The average molecular weight is 466 g/mol. The predicted molar refractivity (Wildman–Crippen MR) is 131 cm³/mol. The number of sulfonamides is 1. The van der Waals surface area contributed by atoms with Crippen LogP contribution in [0.15, 0.2) is 47.6 Å². The van der Waals surface area contributed by atoms with E-state index in [2.05, 4.69) is 15.6 Å². The monoisotopic (exact) mass is 465 g/mol. The predicted octanol–water partition coefficient (Wildman–Crippen LogP) is 4.26. The number of hydrogen-bond donors (Lipinski definition) is 2. The van der Waals surface area contributed by atoms with Gasteiger partial charge in [-0.15, -0.1) is 6.42 Å². The molecule has 0 saturated heterocycles. The Morgan fingerprint density at radius 3 is 2.45 bits per heavy atom. The highest BCUT2D eigenvalue weighted by Crippen LogP contribution is 2.35. The zero-order valence-electron chi connectivity index (χ0n) is 19.1. The van der Waals surface area contributed by atoms with Crippen LogP contribution in [0.25, 0.3) is 10.8 Å². The Kier molecular flexibility index (Phi) is 6.94. The summed E-state index contributed by atoms with van der Waals surface area (Å²) in [5.74, 6) is 1.65. The normalized spacial score (nSPS) is 12.2. The summed E-state index contributed by atoms with van der Waals surface area (Å²) >= 11 is 0. The number of benzene rings is 2. The van der Waals surface area contributed by atoms with Gasteiger partial charge in [0.1, 0.15) is 0 Å². The van der Waals surface area contributed by atoms with Gasteiger partial charge < -0.3 is 10.0 Å². The molecule has 0 saturated carbocycles. The largest absolute Gasteiger partial charge is 0.481 e. The number of fused-ring (bicyclic) bond motifs is 1. The fourth-order valence-electron chi connectivity index (χ4n) is 4.24. The van der Waals surface area contributed by atoms with Gasteiger partial charge in [-0.3, -0.25) is 14.5 Å². The molecule has 0 spiro atoms. The van der Waals surface area contributed by atoms with Crippen molar-refractivity contribution in [2.45, 2.75) is 45.1 Å². The number of carbonyl (C=O) groups is 1. The van der Waals surface area contributed by atoms with E-state index in [1.165, 1.54) is 0 Å². The summed E-state index contributed by atoms with van der Waals surface area (Å²) in [5, 5.41) is 10.5. The number of nitrogens with zero attached hydrogens (tertiary/aromatic N) is 2.